The minimum Gasteiger partial charge on any atom is -0.497 e. The van der Waals surface area contributed by atoms with Gasteiger partial charge in [-0.15, -0.1) is 0 Å². The molecule has 47 heavy (non-hydrogen) atoms. The van der Waals surface area contributed by atoms with Crippen LogP contribution in [0.3, 0.4) is 0 Å². The van der Waals surface area contributed by atoms with E-state index in [1.54, 1.807) is 44.6 Å². The third-order valence-electron chi connectivity index (χ3n) is 7.77. The summed E-state index contributed by atoms with van der Waals surface area (Å²) < 4.78 is 10.8. The van der Waals surface area contributed by atoms with Gasteiger partial charge in [-0.3, -0.25) is 24.0 Å². The van der Waals surface area contributed by atoms with Crippen molar-refractivity contribution >= 4 is 23.6 Å². The minimum absolute atomic E-state index is 0.0157. The second kappa shape index (κ2) is 16.4. The zero-order valence-corrected chi connectivity index (χ0v) is 27.1. The molecule has 2 atom stereocenters. The highest BCUT2D eigenvalue weighted by Crippen LogP contribution is 2.22. The Morgan fingerprint density at radius 3 is 2.40 bits per heavy atom. The highest BCUT2D eigenvalue weighted by Gasteiger charge is 2.29. The Balaban J connectivity index is 1.71. The van der Waals surface area contributed by atoms with Crippen molar-refractivity contribution in [1.29, 1.82) is 0 Å². The average molecular weight is 647 g/mol. The van der Waals surface area contributed by atoms with E-state index in [0.29, 0.717) is 42.9 Å². The molecule has 4 rings (SSSR count). The highest BCUT2D eigenvalue weighted by molar-refractivity contribution is 5.98. The number of nitrogens with one attached hydrogen (secondary N) is 4. The van der Waals surface area contributed by atoms with E-state index < -0.39 is 41.3 Å². The van der Waals surface area contributed by atoms with Crippen molar-refractivity contribution in [3.8, 4) is 11.5 Å². The van der Waals surface area contributed by atoms with Crippen molar-refractivity contribution in [1.82, 2.24) is 31.0 Å². The standard InChI is InChI=1S/C34H42N6O7/c1-21(2)16-25-19-40(34(45)27-12-14-30(41)39-38-27)20-31(42)35-15-5-6-23-18-24(9-13-29(23)47-4)32(43)37-28(33(44)36-25)17-22-7-10-26(46-3)11-8-22/h7-14,18,21,25,28H,5-6,15-17,19-20H2,1-4H3,(H,35,42)(H,36,44)(H,37,43)(H,39,41)/t25-,28-/m0/s1. The van der Waals surface area contributed by atoms with Crippen LogP contribution in [0.5, 0.6) is 11.5 Å². The van der Waals surface area contributed by atoms with Crippen molar-refractivity contribution < 1.29 is 28.7 Å². The third kappa shape index (κ3) is 9.89. The molecule has 250 valence electrons. The molecule has 3 aromatic rings. The van der Waals surface area contributed by atoms with Gasteiger partial charge in [0.15, 0.2) is 0 Å². The highest BCUT2D eigenvalue weighted by atomic mass is 16.5. The van der Waals surface area contributed by atoms with E-state index in [1.807, 2.05) is 26.0 Å². The molecule has 0 unspecified atom stereocenters. The quantitative estimate of drug-likeness (QED) is 0.301. The van der Waals surface area contributed by atoms with Gasteiger partial charge in [-0.25, -0.2) is 5.10 Å². The molecular formula is C34H42N6O7. The zero-order valence-electron chi connectivity index (χ0n) is 27.1. The summed E-state index contributed by atoms with van der Waals surface area (Å²) in [7, 11) is 3.11. The molecule has 4 N–H and O–H groups in total. The largest absolute Gasteiger partial charge is 0.497 e. The van der Waals surface area contributed by atoms with E-state index in [4.69, 9.17) is 9.47 Å². The number of benzene rings is 2. The van der Waals surface area contributed by atoms with Crippen LogP contribution in [-0.2, 0) is 22.4 Å². The molecule has 13 heteroatoms. The lowest BCUT2D eigenvalue weighted by Gasteiger charge is -2.30. The van der Waals surface area contributed by atoms with Gasteiger partial charge < -0.3 is 30.3 Å². The first-order valence-electron chi connectivity index (χ1n) is 15.6. The molecular weight excluding hydrogens is 604 g/mol. The average Bonchev–Trinajstić information content (AvgIpc) is 3.05. The van der Waals surface area contributed by atoms with Gasteiger partial charge in [-0.1, -0.05) is 26.0 Å². The van der Waals surface area contributed by atoms with Gasteiger partial charge in [-0.2, -0.15) is 5.10 Å². The number of methoxy groups -OCH3 is 2. The second-order valence-corrected chi connectivity index (χ2v) is 11.9. The van der Waals surface area contributed by atoms with Crippen LogP contribution in [0.2, 0.25) is 0 Å². The van der Waals surface area contributed by atoms with Crippen molar-refractivity contribution in [2.24, 2.45) is 5.92 Å². The Bertz CT molecular complexity index is 1600. The van der Waals surface area contributed by atoms with Gasteiger partial charge >= 0.3 is 0 Å². The van der Waals surface area contributed by atoms with Crippen LogP contribution in [-0.4, -0.2) is 84.7 Å². The summed E-state index contributed by atoms with van der Waals surface area (Å²) in [5, 5.41) is 14.9. The number of ether oxygens (including phenoxy) is 2. The van der Waals surface area contributed by atoms with Gasteiger partial charge in [0.05, 0.1) is 20.8 Å². The molecule has 2 heterocycles. The predicted molar refractivity (Wildman–Crippen MR) is 174 cm³/mol. The third-order valence-corrected chi connectivity index (χ3v) is 7.77. The monoisotopic (exact) mass is 646 g/mol. The summed E-state index contributed by atoms with van der Waals surface area (Å²) in [5.41, 5.74) is 1.41. The molecule has 0 radical (unpaired) electrons. The van der Waals surface area contributed by atoms with Crippen LogP contribution in [0.15, 0.2) is 59.4 Å². The fourth-order valence-electron chi connectivity index (χ4n) is 5.46. The number of aromatic amines is 1. The predicted octanol–water partition coefficient (Wildman–Crippen LogP) is 1.86. The maximum atomic E-state index is 14.0. The first kappa shape index (κ1) is 34.7. The number of hydrogen-bond donors (Lipinski definition) is 4. The molecule has 2 bridgehead atoms. The molecule has 4 amide bonds. The molecule has 1 aliphatic heterocycles. The van der Waals surface area contributed by atoms with Gasteiger partial charge in [0, 0.05) is 37.2 Å². The molecule has 0 aliphatic carbocycles. The van der Waals surface area contributed by atoms with Gasteiger partial charge in [0.25, 0.3) is 17.4 Å². The van der Waals surface area contributed by atoms with Crippen LogP contribution < -0.4 is 31.0 Å². The fraction of sp³-hybridized carbons (Fsp3) is 0.412. The number of aromatic nitrogens is 2. The summed E-state index contributed by atoms with van der Waals surface area (Å²) in [6.45, 7) is 3.96. The number of hydrogen-bond acceptors (Lipinski definition) is 8. The Morgan fingerprint density at radius 2 is 1.74 bits per heavy atom. The van der Waals surface area contributed by atoms with Crippen LogP contribution in [0.4, 0.5) is 0 Å². The number of carbonyl (C=O) groups is 4. The van der Waals surface area contributed by atoms with Crippen LogP contribution in [0.1, 0.15) is 58.7 Å². The van der Waals surface area contributed by atoms with Gasteiger partial charge in [-0.05, 0) is 72.7 Å². The van der Waals surface area contributed by atoms with E-state index in [2.05, 4.69) is 26.1 Å². The smallest absolute Gasteiger partial charge is 0.274 e. The minimum atomic E-state index is -0.972. The number of nitrogens with zero attached hydrogens (tertiary/aromatic N) is 2. The Labute approximate surface area is 273 Å². The maximum absolute atomic E-state index is 14.0. The summed E-state index contributed by atoms with van der Waals surface area (Å²) in [6.07, 6.45) is 1.70. The van der Waals surface area contributed by atoms with Crippen molar-refractivity contribution in [3.63, 3.8) is 0 Å². The first-order chi connectivity index (χ1) is 22.6. The van der Waals surface area contributed by atoms with E-state index in [9.17, 15) is 24.0 Å². The first-order valence-corrected chi connectivity index (χ1v) is 15.6. The number of fused-ring (bicyclic) bond motifs is 2. The lowest BCUT2D eigenvalue weighted by Crippen LogP contribution is -2.54. The number of H-pyrrole nitrogens is 1. The van der Waals surface area contributed by atoms with Gasteiger partial charge in [0.1, 0.15) is 23.2 Å². The van der Waals surface area contributed by atoms with Crippen molar-refractivity contribution in [2.75, 3.05) is 33.9 Å². The van der Waals surface area contributed by atoms with Crippen LogP contribution in [0, 0.1) is 5.92 Å². The number of carbonyl (C=O) groups excluding carboxylic acids is 4. The molecule has 0 saturated carbocycles. The van der Waals surface area contributed by atoms with Crippen LogP contribution >= 0.6 is 0 Å². The molecule has 2 aromatic carbocycles. The summed E-state index contributed by atoms with van der Waals surface area (Å²) in [4.78, 5) is 67.2. The topological polar surface area (TPSA) is 172 Å². The second-order valence-electron chi connectivity index (χ2n) is 11.9. The molecule has 1 aromatic heterocycles. The lowest BCUT2D eigenvalue weighted by atomic mass is 10.00. The molecule has 1 aliphatic rings. The van der Waals surface area contributed by atoms with E-state index >= 15 is 0 Å². The van der Waals surface area contributed by atoms with E-state index in [1.165, 1.54) is 17.0 Å². The lowest BCUT2D eigenvalue weighted by molar-refractivity contribution is -0.123. The number of amides is 4. The Hall–Kier alpha value is -5.20. The fourth-order valence-corrected chi connectivity index (χ4v) is 5.46. The van der Waals surface area contributed by atoms with E-state index in [0.717, 1.165) is 11.1 Å². The van der Waals surface area contributed by atoms with Gasteiger partial charge in [0.2, 0.25) is 11.8 Å². The number of rotatable bonds is 7. The summed E-state index contributed by atoms with van der Waals surface area (Å²) in [5.74, 6) is -0.486. The zero-order chi connectivity index (χ0) is 33.9. The Kier molecular flexibility index (Phi) is 12.1. The van der Waals surface area contributed by atoms with E-state index in [-0.39, 0.29) is 31.1 Å². The summed E-state index contributed by atoms with van der Waals surface area (Å²) in [6, 6.07) is 13.2. The molecule has 13 nitrogen and oxygen atoms in total. The Morgan fingerprint density at radius 1 is 0.979 bits per heavy atom. The molecule has 0 saturated heterocycles. The van der Waals surface area contributed by atoms with Crippen LogP contribution in [0.25, 0.3) is 0 Å². The molecule has 0 spiro atoms. The van der Waals surface area contributed by atoms with Crippen molar-refractivity contribution in [2.45, 2.75) is 51.6 Å². The maximum Gasteiger partial charge on any atom is 0.274 e. The molecule has 0 fully saturated rings. The van der Waals surface area contributed by atoms with Crippen molar-refractivity contribution in [3.05, 3.63) is 87.3 Å². The number of aryl methyl sites for hydroxylation is 1. The SMILES string of the molecule is COc1ccc(C[C@@H]2NC(=O)c3ccc(OC)c(c3)CCCNC(=O)CN(C(=O)c3ccc(=O)[nH]n3)C[C@H](CC(C)C)NC2=O)cc1. The summed E-state index contributed by atoms with van der Waals surface area (Å²) >= 11 is 0. The normalized spacial score (nSPS) is 18.1.